The number of ether oxygens (including phenoxy) is 4. The molecule has 0 amide bonds. The van der Waals surface area contributed by atoms with E-state index in [1.165, 1.54) is 14.2 Å². The third kappa shape index (κ3) is 6.79. The minimum Gasteiger partial charge on any atom is -0.469 e. The van der Waals surface area contributed by atoms with Gasteiger partial charge in [-0.2, -0.15) is 0 Å². The Balaban J connectivity index is 1.99. The van der Waals surface area contributed by atoms with Crippen LogP contribution >= 0.6 is 0 Å². The molecule has 6 heteroatoms. The molecule has 0 bridgehead atoms. The summed E-state index contributed by atoms with van der Waals surface area (Å²) in [5, 5.41) is 0. The van der Waals surface area contributed by atoms with Crippen LogP contribution in [0.1, 0.15) is 11.1 Å². The topological polar surface area (TPSA) is 71.1 Å². The maximum atomic E-state index is 12.3. The van der Waals surface area contributed by atoms with Crippen LogP contribution in [-0.2, 0) is 41.8 Å². The number of rotatable bonds is 11. The van der Waals surface area contributed by atoms with Crippen LogP contribution in [-0.4, -0.2) is 39.4 Å². The first-order chi connectivity index (χ1) is 13.7. The molecule has 28 heavy (non-hydrogen) atoms. The lowest BCUT2D eigenvalue weighted by atomic mass is 9.93. The summed E-state index contributed by atoms with van der Waals surface area (Å²) in [5.74, 6) is -2.72. The molecular weight excluding hydrogens is 360 g/mol. The van der Waals surface area contributed by atoms with Crippen molar-refractivity contribution in [2.45, 2.75) is 13.2 Å². The monoisotopic (exact) mass is 386 g/mol. The van der Waals surface area contributed by atoms with Crippen LogP contribution in [0.15, 0.2) is 60.7 Å². The number of methoxy groups -OCH3 is 2. The minimum absolute atomic E-state index is 0.0238. The molecule has 2 aromatic carbocycles. The summed E-state index contributed by atoms with van der Waals surface area (Å²) in [6.07, 6.45) is 0. The van der Waals surface area contributed by atoms with E-state index in [4.69, 9.17) is 18.9 Å². The van der Waals surface area contributed by atoms with Gasteiger partial charge >= 0.3 is 11.9 Å². The SMILES string of the molecule is COC(=O)C(COCc1ccccc1)[C@H](COCc1ccccc1)C(=O)OC. The quantitative estimate of drug-likeness (QED) is 0.553. The molecule has 0 spiro atoms. The first-order valence-electron chi connectivity index (χ1n) is 9.04. The molecule has 1 unspecified atom stereocenters. The van der Waals surface area contributed by atoms with Crippen molar-refractivity contribution in [2.75, 3.05) is 27.4 Å². The lowest BCUT2D eigenvalue weighted by Gasteiger charge is -2.23. The minimum atomic E-state index is -0.822. The fourth-order valence-electron chi connectivity index (χ4n) is 2.76. The standard InChI is InChI=1S/C22H26O6/c1-25-21(23)19(15-27-13-17-9-5-3-6-10-17)20(22(24)26-2)16-28-14-18-11-7-4-8-12-18/h3-12,19-20H,13-16H2,1-2H3/t19-,20?/m0/s1. The van der Waals surface area contributed by atoms with E-state index >= 15 is 0 Å². The molecule has 0 saturated carbocycles. The van der Waals surface area contributed by atoms with Crippen molar-refractivity contribution < 1.29 is 28.5 Å². The van der Waals surface area contributed by atoms with Gasteiger partial charge in [-0.3, -0.25) is 9.59 Å². The molecule has 0 fully saturated rings. The van der Waals surface area contributed by atoms with Gasteiger partial charge in [0.2, 0.25) is 0 Å². The summed E-state index contributed by atoms with van der Waals surface area (Å²) in [4.78, 5) is 24.6. The average molecular weight is 386 g/mol. The third-order valence-corrected chi connectivity index (χ3v) is 4.31. The zero-order valence-corrected chi connectivity index (χ0v) is 16.2. The predicted octanol–water partition coefficient (Wildman–Crippen LogP) is 3.00. The van der Waals surface area contributed by atoms with E-state index in [2.05, 4.69) is 0 Å². The van der Waals surface area contributed by atoms with Crippen LogP contribution in [0.2, 0.25) is 0 Å². The summed E-state index contributed by atoms with van der Waals surface area (Å²) in [7, 11) is 2.57. The van der Waals surface area contributed by atoms with Crippen molar-refractivity contribution >= 4 is 11.9 Å². The molecule has 0 heterocycles. The molecule has 0 radical (unpaired) electrons. The summed E-state index contributed by atoms with van der Waals surface area (Å²) in [5.41, 5.74) is 1.95. The maximum absolute atomic E-state index is 12.3. The molecular formula is C22H26O6. The molecule has 0 aliphatic rings. The zero-order valence-electron chi connectivity index (χ0n) is 16.2. The Kier molecular flexibility index (Phi) is 9.18. The lowest BCUT2D eigenvalue weighted by molar-refractivity contribution is -0.163. The molecule has 2 atom stereocenters. The van der Waals surface area contributed by atoms with Gasteiger partial charge in [0.25, 0.3) is 0 Å². The van der Waals surface area contributed by atoms with Gasteiger partial charge in [-0.25, -0.2) is 0 Å². The van der Waals surface area contributed by atoms with Crippen molar-refractivity contribution in [3.8, 4) is 0 Å². The Hall–Kier alpha value is -2.70. The van der Waals surface area contributed by atoms with Crippen LogP contribution in [0.4, 0.5) is 0 Å². The molecule has 0 saturated heterocycles. The number of benzene rings is 2. The van der Waals surface area contributed by atoms with Gasteiger partial charge in [0.15, 0.2) is 0 Å². The van der Waals surface area contributed by atoms with E-state index in [0.717, 1.165) is 11.1 Å². The van der Waals surface area contributed by atoms with Crippen LogP contribution in [0, 0.1) is 11.8 Å². The first-order valence-corrected chi connectivity index (χ1v) is 9.04. The number of carbonyl (C=O) groups is 2. The van der Waals surface area contributed by atoms with Gasteiger partial charge in [0.05, 0.1) is 52.5 Å². The Morgan fingerprint density at radius 3 is 1.36 bits per heavy atom. The Bertz CT molecular complexity index is 653. The second-order valence-corrected chi connectivity index (χ2v) is 6.26. The second-order valence-electron chi connectivity index (χ2n) is 6.26. The van der Waals surface area contributed by atoms with Crippen molar-refractivity contribution in [1.82, 2.24) is 0 Å². The largest absolute Gasteiger partial charge is 0.469 e. The lowest BCUT2D eigenvalue weighted by Crippen LogP contribution is -2.37. The van der Waals surface area contributed by atoms with Gasteiger partial charge in [0.1, 0.15) is 0 Å². The summed E-state index contributed by atoms with van der Waals surface area (Å²) < 4.78 is 21.1. The van der Waals surface area contributed by atoms with Gasteiger partial charge in [-0.1, -0.05) is 60.7 Å². The fourth-order valence-corrected chi connectivity index (χ4v) is 2.76. The normalized spacial score (nSPS) is 12.8. The maximum Gasteiger partial charge on any atom is 0.311 e. The number of esters is 2. The average Bonchev–Trinajstić information content (AvgIpc) is 2.75. The molecule has 6 nitrogen and oxygen atoms in total. The Morgan fingerprint density at radius 1 is 0.679 bits per heavy atom. The van der Waals surface area contributed by atoms with Crippen molar-refractivity contribution in [1.29, 1.82) is 0 Å². The summed E-state index contributed by atoms with van der Waals surface area (Å²) in [6.45, 7) is 0.701. The van der Waals surface area contributed by atoms with Crippen LogP contribution in [0.5, 0.6) is 0 Å². The van der Waals surface area contributed by atoms with E-state index in [1.807, 2.05) is 60.7 Å². The molecule has 2 aromatic rings. The summed E-state index contributed by atoms with van der Waals surface area (Å²) in [6, 6.07) is 19.2. The molecule has 2 rings (SSSR count). The second kappa shape index (κ2) is 11.9. The van der Waals surface area contributed by atoms with E-state index in [1.54, 1.807) is 0 Å². The molecule has 0 aliphatic carbocycles. The Morgan fingerprint density at radius 2 is 1.04 bits per heavy atom. The molecule has 0 aromatic heterocycles. The van der Waals surface area contributed by atoms with Gasteiger partial charge in [-0.15, -0.1) is 0 Å². The highest BCUT2D eigenvalue weighted by Crippen LogP contribution is 2.19. The van der Waals surface area contributed by atoms with Crippen LogP contribution in [0.3, 0.4) is 0 Å². The van der Waals surface area contributed by atoms with Crippen LogP contribution in [0.25, 0.3) is 0 Å². The van der Waals surface area contributed by atoms with Gasteiger partial charge in [0, 0.05) is 0 Å². The highest BCUT2D eigenvalue weighted by molar-refractivity contribution is 5.82. The third-order valence-electron chi connectivity index (χ3n) is 4.31. The highest BCUT2D eigenvalue weighted by Gasteiger charge is 2.36. The van der Waals surface area contributed by atoms with Gasteiger partial charge < -0.3 is 18.9 Å². The fraction of sp³-hybridized carbons (Fsp3) is 0.364. The van der Waals surface area contributed by atoms with E-state index in [-0.39, 0.29) is 13.2 Å². The Labute approximate surface area is 165 Å². The number of hydrogen-bond donors (Lipinski definition) is 0. The smallest absolute Gasteiger partial charge is 0.311 e. The summed E-state index contributed by atoms with van der Waals surface area (Å²) >= 11 is 0. The first kappa shape index (κ1) is 21.6. The number of carbonyl (C=O) groups excluding carboxylic acids is 2. The number of hydrogen-bond acceptors (Lipinski definition) is 6. The van der Waals surface area contributed by atoms with Gasteiger partial charge in [-0.05, 0) is 11.1 Å². The molecule has 0 aliphatic heterocycles. The van der Waals surface area contributed by atoms with Crippen LogP contribution < -0.4 is 0 Å². The van der Waals surface area contributed by atoms with Crippen molar-refractivity contribution in [3.05, 3.63) is 71.8 Å². The van der Waals surface area contributed by atoms with E-state index in [0.29, 0.717) is 13.2 Å². The van der Waals surface area contributed by atoms with E-state index in [9.17, 15) is 9.59 Å². The zero-order chi connectivity index (χ0) is 20.2. The van der Waals surface area contributed by atoms with Crippen molar-refractivity contribution in [2.24, 2.45) is 11.8 Å². The molecule has 150 valence electrons. The molecule has 0 N–H and O–H groups in total. The highest BCUT2D eigenvalue weighted by atomic mass is 16.5. The van der Waals surface area contributed by atoms with Crippen molar-refractivity contribution in [3.63, 3.8) is 0 Å². The predicted molar refractivity (Wildman–Crippen MR) is 103 cm³/mol. The van der Waals surface area contributed by atoms with E-state index < -0.39 is 23.8 Å².